The van der Waals surface area contributed by atoms with Crippen molar-refractivity contribution in [1.82, 2.24) is 0 Å². The molecule has 0 rings (SSSR count). The molecule has 0 fully saturated rings. The summed E-state index contributed by atoms with van der Waals surface area (Å²) >= 11 is 0. The lowest BCUT2D eigenvalue weighted by atomic mass is 10.1. The maximum atomic E-state index is 13.1. The zero-order valence-corrected chi connectivity index (χ0v) is 69.9. The average Bonchev–Trinajstić information content (AvgIpc) is 0.900. The zero-order chi connectivity index (χ0) is 80.3. The fourth-order valence-corrected chi connectivity index (χ4v) is 11.8. The van der Waals surface area contributed by atoms with Crippen LogP contribution in [-0.2, 0) is 65.4 Å². The molecule has 3 N–H and O–H groups in total. The Hall–Kier alpha value is -6.10. The highest BCUT2D eigenvalue weighted by Crippen LogP contribution is 2.45. The molecule has 0 aromatic rings. The number of phosphoric ester groups is 2. The van der Waals surface area contributed by atoms with Gasteiger partial charge in [0, 0.05) is 25.7 Å². The summed E-state index contributed by atoms with van der Waals surface area (Å²) in [4.78, 5) is 73.1. The van der Waals surface area contributed by atoms with Crippen molar-refractivity contribution >= 4 is 39.5 Å². The number of aliphatic hydroxyl groups excluding tert-OH is 1. The largest absolute Gasteiger partial charge is 0.472 e. The van der Waals surface area contributed by atoms with E-state index in [1.165, 1.54) is 44.9 Å². The Labute approximate surface area is 666 Å². The number of rotatable bonds is 76. The predicted octanol–water partition coefficient (Wildman–Crippen LogP) is 24.9. The van der Waals surface area contributed by atoms with E-state index in [-0.39, 0.29) is 25.7 Å². The smallest absolute Gasteiger partial charge is 0.462 e. The Morgan fingerprint density at radius 2 is 0.491 bits per heavy atom. The number of unbranched alkanes of at least 4 members (excludes halogenated alkanes) is 18. The lowest BCUT2D eigenvalue weighted by Gasteiger charge is -2.21. The number of carbonyl (C=O) groups is 4. The van der Waals surface area contributed by atoms with Gasteiger partial charge in [-0.25, -0.2) is 9.13 Å². The van der Waals surface area contributed by atoms with Gasteiger partial charge in [0.1, 0.15) is 19.3 Å². The second kappa shape index (κ2) is 80.9. The monoisotopic (exact) mass is 1570 g/mol. The molecule has 19 heteroatoms. The van der Waals surface area contributed by atoms with Gasteiger partial charge in [-0.2, -0.15) is 0 Å². The number of esters is 4. The van der Waals surface area contributed by atoms with E-state index in [9.17, 15) is 43.2 Å². The van der Waals surface area contributed by atoms with Gasteiger partial charge in [-0.05, 0) is 180 Å². The van der Waals surface area contributed by atoms with Crippen LogP contribution >= 0.6 is 15.6 Å². The maximum Gasteiger partial charge on any atom is 0.472 e. The number of carbonyl (C=O) groups excluding carboxylic acids is 4. The summed E-state index contributed by atoms with van der Waals surface area (Å²) < 4.78 is 68.6. The van der Waals surface area contributed by atoms with Crippen molar-refractivity contribution in [2.45, 2.75) is 316 Å². The van der Waals surface area contributed by atoms with Crippen LogP contribution in [0.3, 0.4) is 0 Å². The zero-order valence-electron chi connectivity index (χ0n) is 68.1. The van der Waals surface area contributed by atoms with Crippen molar-refractivity contribution in [1.29, 1.82) is 0 Å². The van der Waals surface area contributed by atoms with Crippen molar-refractivity contribution in [3.8, 4) is 0 Å². The van der Waals surface area contributed by atoms with Gasteiger partial charge in [0.2, 0.25) is 0 Å². The Bertz CT molecular complexity index is 2850. The molecule has 0 spiro atoms. The van der Waals surface area contributed by atoms with Crippen molar-refractivity contribution in [3.63, 3.8) is 0 Å². The number of allylic oxidation sites excluding steroid dienone is 32. The van der Waals surface area contributed by atoms with Crippen LogP contribution in [0.2, 0.25) is 0 Å². The SMILES string of the molecule is CC/C=C\C/C=C\C/C=C\C/C=C\C/C=C\CCCCCC(=O)OC[C@H](COP(=O)(O)OC[C@@H](O)COP(=O)(O)OC[C@@H](COC(=O)CC/C=C\C/C=C\C/C=C\C/C=C\C/C=C\CCCCC)OC(=O)CCCCCCC/C=C\CCCCCC)OC(=O)CCCCC/C=C\C/C=C\C/C=C\C/C=C\C/C=C\CC. The molecule has 2 unspecified atom stereocenters. The van der Waals surface area contributed by atoms with Gasteiger partial charge < -0.3 is 33.8 Å². The molecule has 622 valence electrons. The minimum Gasteiger partial charge on any atom is -0.462 e. The average molecular weight is 1570 g/mol. The van der Waals surface area contributed by atoms with Crippen molar-refractivity contribution in [3.05, 3.63) is 194 Å². The lowest BCUT2D eigenvalue weighted by molar-refractivity contribution is -0.161. The van der Waals surface area contributed by atoms with E-state index >= 15 is 0 Å². The topological polar surface area (TPSA) is 237 Å². The van der Waals surface area contributed by atoms with Gasteiger partial charge >= 0.3 is 39.5 Å². The molecule has 17 nitrogen and oxygen atoms in total. The van der Waals surface area contributed by atoms with E-state index in [0.717, 1.165) is 167 Å². The highest BCUT2D eigenvalue weighted by Gasteiger charge is 2.30. The summed E-state index contributed by atoms with van der Waals surface area (Å²) in [6, 6.07) is 0. The first-order valence-corrected chi connectivity index (χ1v) is 44.7. The first-order chi connectivity index (χ1) is 53.7. The molecule has 110 heavy (non-hydrogen) atoms. The summed E-state index contributed by atoms with van der Waals surface area (Å²) in [5.74, 6) is -2.37. The summed E-state index contributed by atoms with van der Waals surface area (Å²) in [5, 5.41) is 10.7. The van der Waals surface area contributed by atoms with Crippen LogP contribution in [0.5, 0.6) is 0 Å². The van der Waals surface area contributed by atoms with E-state index in [1.807, 2.05) is 18.2 Å². The molecule has 5 atom stereocenters. The molecular weight excluding hydrogens is 1430 g/mol. The summed E-state index contributed by atoms with van der Waals surface area (Å²) in [7, 11) is -10.0. The van der Waals surface area contributed by atoms with Crippen LogP contribution in [-0.4, -0.2) is 96.7 Å². The van der Waals surface area contributed by atoms with Crippen LogP contribution in [0.1, 0.15) is 297 Å². The minimum absolute atomic E-state index is 0.0290. The molecule has 0 aromatic heterocycles. The van der Waals surface area contributed by atoms with Gasteiger partial charge in [0.05, 0.1) is 26.4 Å². The van der Waals surface area contributed by atoms with Crippen molar-refractivity contribution in [2.75, 3.05) is 39.6 Å². The third kappa shape index (κ3) is 80.0. The van der Waals surface area contributed by atoms with E-state index in [0.29, 0.717) is 32.1 Å². The van der Waals surface area contributed by atoms with Gasteiger partial charge in [-0.15, -0.1) is 0 Å². The molecule has 0 amide bonds. The molecule has 0 aromatic carbocycles. The quantitative estimate of drug-likeness (QED) is 0.0169. The van der Waals surface area contributed by atoms with Crippen LogP contribution < -0.4 is 0 Å². The number of ether oxygens (including phenoxy) is 4. The van der Waals surface area contributed by atoms with Crippen molar-refractivity contribution in [2.24, 2.45) is 0 Å². The van der Waals surface area contributed by atoms with E-state index in [4.69, 9.17) is 37.0 Å². The lowest BCUT2D eigenvalue weighted by Crippen LogP contribution is -2.30. The second-order valence-electron chi connectivity index (χ2n) is 26.9. The number of phosphoric acid groups is 2. The van der Waals surface area contributed by atoms with Gasteiger partial charge in [-0.1, -0.05) is 286 Å². The molecule has 0 aliphatic heterocycles. The maximum absolute atomic E-state index is 13.1. The molecule has 0 radical (unpaired) electrons. The molecule has 0 saturated heterocycles. The van der Waals surface area contributed by atoms with Gasteiger partial charge in [0.25, 0.3) is 0 Å². The molecule has 0 bridgehead atoms. The fourth-order valence-electron chi connectivity index (χ4n) is 10.2. The third-order valence-electron chi connectivity index (χ3n) is 16.5. The van der Waals surface area contributed by atoms with Crippen LogP contribution in [0, 0.1) is 0 Å². The standard InChI is InChI=1S/C91H146O17P2/c1-5-9-13-17-21-25-29-33-36-39-42-45-48-52-55-59-63-67-71-75-88(93)101-81-86(107-90(95)77-73-69-65-61-57-51-32-28-24-20-16-12-8-4)83-105-109(97,98)103-79-85(92)80-104-110(99,100)106-84-87(108-91(96)78-74-70-66-62-58-54-50-47-44-41-38-35-31-27-23-19-15-11-7-3)82-102-89(94)76-72-68-64-60-56-53-49-46-43-40-37-34-30-26-22-18-14-10-6-2/h10-11,14-15,21-23,25-28,32-38,42-47,52-56,58,63,67,85-87,92H,5-9,12-13,16-20,24,29-31,39-41,48-51,57,59-62,64-66,68-84H2,1-4H3,(H,97,98)(H,99,100)/b14-10-,15-11-,25-21-,26-22-,27-23-,32-28-,36-33-,37-34-,38-35-,45-42-,46-43-,47-44-,55-52-,56-53-,58-54-,67-63-/t85-,86+,87+/m0/s1. The normalized spacial score (nSPS) is 14.8. The van der Waals surface area contributed by atoms with Crippen LogP contribution in [0.15, 0.2) is 194 Å². The summed E-state index contributed by atoms with van der Waals surface area (Å²) in [6.45, 7) is 4.42. The first-order valence-electron chi connectivity index (χ1n) is 41.7. The number of aliphatic hydroxyl groups is 1. The van der Waals surface area contributed by atoms with Gasteiger partial charge in [-0.3, -0.25) is 37.3 Å². The Balaban J connectivity index is 5.52. The fraction of sp³-hybridized carbons (Fsp3) is 0.604. The van der Waals surface area contributed by atoms with E-state index in [2.05, 4.69) is 204 Å². The summed E-state index contributed by atoms with van der Waals surface area (Å²) in [5.41, 5.74) is 0. The highest BCUT2D eigenvalue weighted by molar-refractivity contribution is 7.47. The van der Waals surface area contributed by atoms with Gasteiger partial charge in [0.15, 0.2) is 12.2 Å². The first kappa shape index (κ1) is 104. The van der Waals surface area contributed by atoms with Crippen LogP contribution in [0.25, 0.3) is 0 Å². The Kier molecular flexibility index (Phi) is 76.4. The Morgan fingerprint density at radius 1 is 0.264 bits per heavy atom. The number of hydrogen-bond acceptors (Lipinski definition) is 15. The third-order valence-corrected chi connectivity index (χ3v) is 18.4. The second-order valence-corrected chi connectivity index (χ2v) is 29.8. The minimum atomic E-state index is -5.01. The molecule has 0 saturated carbocycles. The van der Waals surface area contributed by atoms with E-state index in [1.54, 1.807) is 0 Å². The number of hydrogen-bond donors (Lipinski definition) is 3. The van der Waals surface area contributed by atoms with E-state index < -0.39 is 97.5 Å². The molecular formula is C91H146O17P2. The Morgan fingerprint density at radius 3 is 0.818 bits per heavy atom. The molecule has 0 heterocycles. The summed E-state index contributed by atoms with van der Waals surface area (Å²) in [6.07, 6.45) is 99.9. The predicted molar refractivity (Wildman–Crippen MR) is 454 cm³/mol. The van der Waals surface area contributed by atoms with Crippen molar-refractivity contribution < 1.29 is 80.2 Å². The molecule has 0 aliphatic carbocycles. The highest BCUT2D eigenvalue weighted by atomic mass is 31.2. The molecule has 0 aliphatic rings. The van der Waals surface area contributed by atoms with Crippen LogP contribution in [0.4, 0.5) is 0 Å².